The third-order valence-corrected chi connectivity index (χ3v) is 4.12. The number of benzene rings is 2. The predicted molar refractivity (Wildman–Crippen MR) is 103 cm³/mol. The molecule has 5 nitrogen and oxygen atoms in total. The van der Waals surface area contributed by atoms with Crippen LogP contribution >= 0.6 is 0 Å². The lowest BCUT2D eigenvalue weighted by Gasteiger charge is -2.15. The molecule has 140 valence electrons. The molecule has 3 rings (SSSR count). The number of hydrogen-bond donors (Lipinski definition) is 1. The van der Waals surface area contributed by atoms with Gasteiger partial charge in [-0.05, 0) is 38.5 Å². The van der Waals surface area contributed by atoms with Crippen LogP contribution in [0.3, 0.4) is 0 Å². The molecule has 0 saturated heterocycles. The average Bonchev–Trinajstić information content (AvgIpc) is 3.07. The largest absolute Gasteiger partial charge is 0.459 e. The van der Waals surface area contributed by atoms with Gasteiger partial charge in [-0.2, -0.15) is 0 Å². The van der Waals surface area contributed by atoms with E-state index in [2.05, 4.69) is 4.98 Å². The Morgan fingerprint density at radius 2 is 1.67 bits per heavy atom. The second-order valence-electron chi connectivity index (χ2n) is 7.45. The summed E-state index contributed by atoms with van der Waals surface area (Å²) in [6.45, 7) is 5.76. The lowest BCUT2D eigenvalue weighted by Crippen LogP contribution is -2.22. The quantitative estimate of drug-likeness (QED) is 0.670. The van der Waals surface area contributed by atoms with Gasteiger partial charge in [0, 0.05) is 5.39 Å². The molecule has 1 aromatic heterocycles. The Labute approximate surface area is 158 Å². The zero-order valence-corrected chi connectivity index (χ0v) is 15.7. The number of nitrogens with one attached hydrogen (secondary N) is 1. The van der Waals surface area contributed by atoms with Crippen molar-refractivity contribution in [2.24, 2.45) is 5.41 Å². The Kier molecular flexibility index (Phi) is 5.31. The number of carbonyl (C=O) groups excluding carboxylic acids is 2. The van der Waals surface area contributed by atoms with Gasteiger partial charge in [-0.1, -0.05) is 42.5 Å². The van der Waals surface area contributed by atoms with E-state index in [1.165, 1.54) is 0 Å². The Hall–Kier alpha value is -3.08. The van der Waals surface area contributed by atoms with Crippen LogP contribution in [0, 0.1) is 5.41 Å². The summed E-state index contributed by atoms with van der Waals surface area (Å²) in [5.41, 5.74) is 2.23. The smallest absolute Gasteiger partial charge is 0.340 e. The first-order valence-corrected chi connectivity index (χ1v) is 8.83. The van der Waals surface area contributed by atoms with Crippen molar-refractivity contribution in [3.05, 3.63) is 71.4 Å². The molecule has 0 bridgehead atoms. The number of H-pyrrole nitrogens is 1. The number of ether oxygens (including phenoxy) is 2. The average molecular weight is 365 g/mol. The zero-order valence-electron chi connectivity index (χ0n) is 15.7. The van der Waals surface area contributed by atoms with Crippen molar-refractivity contribution in [3.63, 3.8) is 0 Å². The van der Waals surface area contributed by atoms with Crippen molar-refractivity contribution in [3.8, 4) is 0 Å². The summed E-state index contributed by atoms with van der Waals surface area (Å²) in [6, 6.07) is 16.8. The lowest BCUT2D eigenvalue weighted by molar-refractivity contribution is -0.154. The Morgan fingerprint density at radius 3 is 2.37 bits per heavy atom. The molecule has 0 spiro atoms. The zero-order chi connectivity index (χ0) is 19.4. The van der Waals surface area contributed by atoms with E-state index in [0.29, 0.717) is 11.1 Å². The number of rotatable bonds is 5. The molecular weight excluding hydrogens is 342 g/mol. The third-order valence-electron chi connectivity index (χ3n) is 4.12. The van der Waals surface area contributed by atoms with Gasteiger partial charge in [0.05, 0.1) is 22.2 Å². The van der Waals surface area contributed by atoms with E-state index < -0.39 is 11.4 Å². The van der Waals surface area contributed by atoms with Crippen LogP contribution in [0.1, 0.15) is 42.4 Å². The van der Waals surface area contributed by atoms with E-state index in [1.54, 1.807) is 32.9 Å². The highest BCUT2D eigenvalue weighted by molar-refractivity contribution is 6.03. The van der Waals surface area contributed by atoms with Gasteiger partial charge in [0.1, 0.15) is 13.2 Å². The van der Waals surface area contributed by atoms with E-state index in [-0.39, 0.29) is 19.2 Å². The van der Waals surface area contributed by atoms with Crippen molar-refractivity contribution in [1.29, 1.82) is 0 Å². The SMILES string of the molecule is CC(C)(C)C(=O)OCc1cc2cccc(C(=O)OCc3ccccc3)c2[nH]1. The van der Waals surface area contributed by atoms with Crippen molar-refractivity contribution < 1.29 is 19.1 Å². The van der Waals surface area contributed by atoms with Gasteiger partial charge in [-0.3, -0.25) is 4.79 Å². The van der Waals surface area contributed by atoms with Crippen LogP contribution in [0.4, 0.5) is 0 Å². The fourth-order valence-corrected chi connectivity index (χ4v) is 2.62. The molecule has 1 N–H and O–H groups in total. The topological polar surface area (TPSA) is 68.4 Å². The maximum absolute atomic E-state index is 12.5. The Morgan fingerprint density at radius 1 is 0.926 bits per heavy atom. The molecular formula is C22H23NO4. The second-order valence-corrected chi connectivity index (χ2v) is 7.45. The van der Waals surface area contributed by atoms with Gasteiger partial charge in [0.25, 0.3) is 0 Å². The summed E-state index contributed by atoms with van der Waals surface area (Å²) in [4.78, 5) is 27.6. The second kappa shape index (κ2) is 7.66. The summed E-state index contributed by atoms with van der Waals surface area (Å²) in [5.74, 6) is -0.673. The van der Waals surface area contributed by atoms with Crippen LogP contribution in [0.15, 0.2) is 54.6 Å². The normalized spacial score (nSPS) is 11.4. The van der Waals surface area contributed by atoms with E-state index in [9.17, 15) is 9.59 Å². The molecule has 1 heterocycles. The van der Waals surface area contributed by atoms with E-state index >= 15 is 0 Å². The third kappa shape index (κ3) is 4.56. The van der Waals surface area contributed by atoms with E-state index in [4.69, 9.17) is 9.47 Å². The number of esters is 2. The lowest BCUT2D eigenvalue weighted by atomic mass is 9.97. The first kappa shape index (κ1) is 18.7. The van der Waals surface area contributed by atoms with Crippen molar-refractivity contribution in [1.82, 2.24) is 4.98 Å². The van der Waals surface area contributed by atoms with Gasteiger partial charge in [-0.25, -0.2) is 4.79 Å². The first-order chi connectivity index (χ1) is 12.8. The molecule has 0 radical (unpaired) electrons. The summed E-state index contributed by atoms with van der Waals surface area (Å²) in [7, 11) is 0. The molecule has 0 atom stereocenters. The molecule has 0 saturated carbocycles. The highest BCUT2D eigenvalue weighted by Gasteiger charge is 2.23. The van der Waals surface area contributed by atoms with Crippen molar-refractivity contribution in [2.75, 3.05) is 0 Å². The molecule has 0 aliphatic carbocycles. The number of para-hydroxylation sites is 1. The van der Waals surface area contributed by atoms with Gasteiger partial charge < -0.3 is 14.5 Å². The fraction of sp³-hybridized carbons (Fsp3) is 0.273. The summed E-state index contributed by atoms with van der Waals surface area (Å²) >= 11 is 0. The van der Waals surface area contributed by atoms with Crippen LogP contribution in [0.2, 0.25) is 0 Å². The van der Waals surface area contributed by atoms with Crippen LogP contribution in [0.25, 0.3) is 10.9 Å². The number of aromatic nitrogens is 1. The van der Waals surface area contributed by atoms with Crippen LogP contribution in [0.5, 0.6) is 0 Å². The molecule has 5 heteroatoms. The molecule has 27 heavy (non-hydrogen) atoms. The van der Waals surface area contributed by atoms with Crippen LogP contribution in [-0.2, 0) is 27.5 Å². The summed E-state index contributed by atoms with van der Waals surface area (Å²) < 4.78 is 10.8. The maximum Gasteiger partial charge on any atom is 0.340 e. The first-order valence-electron chi connectivity index (χ1n) is 8.83. The standard InChI is InChI=1S/C22H23NO4/c1-22(2,3)21(25)27-14-17-12-16-10-7-11-18(19(16)23-17)20(24)26-13-15-8-5-4-6-9-15/h4-12,23H,13-14H2,1-3H3. The maximum atomic E-state index is 12.5. The molecule has 0 aliphatic rings. The van der Waals surface area contributed by atoms with Gasteiger partial charge >= 0.3 is 11.9 Å². The number of aromatic amines is 1. The summed E-state index contributed by atoms with van der Waals surface area (Å²) in [5, 5.41) is 0.867. The van der Waals surface area contributed by atoms with Crippen molar-refractivity contribution >= 4 is 22.8 Å². The van der Waals surface area contributed by atoms with Gasteiger partial charge in [-0.15, -0.1) is 0 Å². The minimum Gasteiger partial charge on any atom is -0.459 e. The number of hydrogen-bond acceptors (Lipinski definition) is 4. The van der Waals surface area contributed by atoms with Crippen LogP contribution in [-0.4, -0.2) is 16.9 Å². The van der Waals surface area contributed by atoms with E-state index in [1.807, 2.05) is 42.5 Å². The highest BCUT2D eigenvalue weighted by Crippen LogP contribution is 2.22. The number of fused-ring (bicyclic) bond motifs is 1. The molecule has 0 amide bonds. The van der Waals surface area contributed by atoms with Gasteiger partial charge in [0.15, 0.2) is 0 Å². The minimum absolute atomic E-state index is 0.128. The molecule has 3 aromatic rings. The molecule has 2 aromatic carbocycles. The van der Waals surface area contributed by atoms with Crippen molar-refractivity contribution in [2.45, 2.75) is 34.0 Å². The molecule has 0 unspecified atom stereocenters. The Bertz CT molecular complexity index is 951. The predicted octanol–water partition coefficient (Wildman–Crippen LogP) is 4.61. The van der Waals surface area contributed by atoms with Crippen LogP contribution < -0.4 is 0 Å². The number of carbonyl (C=O) groups is 2. The fourth-order valence-electron chi connectivity index (χ4n) is 2.62. The minimum atomic E-state index is -0.557. The molecule has 0 fully saturated rings. The monoisotopic (exact) mass is 365 g/mol. The summed E-state index contributed by atoms with van der Waals surface area (Å²) in [6.07, 6.45) is 0. The van der Waals surface area contributed by atoms with Gasteiger partial charge in [0.2, 0.25) is 0 Å². The van der Waals surface area contributed by atoms with E-state index in [0.717, 1.165) is 16.6 Å². The highest BCUT2D eigenvalue weighted by atomic mass is 16.5. The molecule has 0 aliphatic heterocycles. The Balaban J connectivity index is 1.73.